The van der Waals surface area contributed by atoms with Crippen LogP contribution in [0.1, 0.15) is 64.4 Å². The van der Waals surface area contributed by atoms with Crippen molar-refractivity contribution in [2.24, 2.45) is 29.4 Å². The van der Waals surface area contributed by atoms with Crippen LogP contribution >= 0.6 is 0 Å². The van der Waals surface area contributed by atoms with Gasteiger partial charge < -0.3 is 15.9 Å². The Morgan fingerprint density at radius 2 is 1.82 bits per heavy atom. The highest BCUT2D eigenvalue weighted by Crippen LogP contribution is 2.52. The van der Waals surface area contributed by atoms with Gasteiger partial charge in [-0.2, -0.15) is 0 Å². The first-order chi connectivity index (χ1) is 17.9. The fourth-order valence-corrected chi connectivity index (χ4v) is 6.58. The number of carbonyl (C=O) groups is 6. The van der Waals surface area contributed by atoms with Crippen LogP contribution in [0.4, 0.5) is 0 Å². The van der Waals surface area contributed by atoms with Crippen LogP contribution in [0.5, 0.6) is 5.75 Å². The molecular formula is C29H27NO8. The lowest BCUT2D eigenvalue weighted by Gasteiger charge is -2.48. The number of amides is 1. The molecule has 4 N–H and O–H groups in total. The minimum atomic E-state index is -2.69. The molecule has 196 valence electrons. The minimum absolute atomic E-state index is 0.0441. The monoisotopic (exact) mass is 517 g/mol. The molecule has 0 aliphatic heterocycles. The van der Waals surface area contributed by atoms with E-state index in [0.717, 1.165) is 5.56 Å². The highest BCUT2D eigenvalue weighted by atomic mass is 16.3. The summed E-state index contributed by atoms with van der Waals surface area (Å²) in [6.45, 7) is 3.87. The third-order valence-electron chi connectivity index (χ3n) is 8.39. The molecule has 3 aliphatic carbocycles. The Morgan fingerprint density at radius 1 is 1.11 bits per heavy atom. The van der Waals surface area contributed by atoms with Crippen LogP contribution in [0.2, 0.25) is 0 Å². The number of Topliss-reactive ketones (excluding diaryl/α,β-unsaturated/α-hetero) is 4. The second kappa shape index (κ2) is 8.80. The standard InChI is InChI=1S/C29H27NO8/c1-12(2)17-10-18(14-5-3-4-13(6-14)11-31)24(33)22-19(17)8-15-7-16-9-20(32)23(28(30)37)27(36)29(16,38)26(35)21(15)25(22)34/h3-6,10-12,15-16,21,23,33,38H,7-9H2,1-2H3,(H2,30,37)/t15-,16+,21?,23?,29+/m1/s1. The molecule has 1 amide bonds. The van der Waals surface area contributed by atoms with Gasteiger partial charge in [-0.1, -0.05) is 32.0 Å². The van der Waals surface area contributed by atoms with Gasteiger partial charge in [0.25, 0.3) is 0 Å². The van der Waals surface area contributed by atoms with E-state index in [4.69, 9.17) is 5.73 Å². The number of rotatable bonds is 4. The summed E-state index contributed by atoms with van der Waals surface area (Å²) in [5, 5.41) is 22.7. The summed E-state index contributed by atoms with van der Waals surface area (Å²) in [6.07, 6.45) is 0.561. The molecule has 0 spiro atoms. The summed E-state index contributed by atoms with van der Waals surface area (Å²) < 4.78 is 0. The van der Waals surface area contributed by atoms with E-state index in [-0.39, 0.29) is 36.5 Å². The Labute approximate surface area is 218 Å². The van der Waals surface area contributed by atoms with Gasteiger partial charge in [0.05, 0.1) is 11.5 Å². The molecule has 0 saturated heterocycles. The molecule has 0 aromatic heterocycles. The van der Waals surface area contributed by atoms with Gasteiger partial charge in [-0.15, -0.1) is 0 Å². The minimum Gasteiger partial charge on any atom is -0.507 e. The van der Waals surface area contributed by atoms with E-state index >= 15 is 0 Å². The summed E-state index contributed by atoms with van der Waals surface area (Å²) in [5.74, 6) is -10.5. The maximum atomic E-state index is 13.9. The van der Waals surface area contributed by atoms with E-state index in [2.05, 4.69) is 0 Å². The van der Waals surface area contributed by atoms with E-state index in [1.165, 1.54) is 0 Å². The zero-order valence-corrected chi connectivity index (χ0v) is 20.9. The van der Waals surface area contributed by atoms with Crippen LogP contribution in [-0.2, 0) is 25.6 Å². The number of nitrogens with two attached hydrogens (primary N) is 1. The summed E-state index contributed by atoms with van der Waals surface area (Å²) in [4.78, 5) is 76.4. The maximum absolute atomic E-state index is 13.9. The fraction of sp³-hybridized carbons (Fsp3) is 0.379. The number of aliphatic hydroxyl groups is 1. The summed E-state index contributed by atoms with van der Waals surface area (Å²) in [6, 6.07) is 8.30. The van der Waals surface area contributed by atoms with E-state index in [1.54, 1.807) is 30.3 Å². The van der Waals surface area contributed by atoms with Gasteiger partial charge in [0.15, 0.2) is 34.7 Å². The Hall–Kier alpha value is -3.98. The van der Waals surface area contributed by atoms with Crippen molar-refractivity contribution >= 4 is 35.3 Å². The predicted molar refractivity (Wildman–Crippen MR) is 133 cm³/mol. The van der Waals surface area contributed by atoms with Crippen LogP contribution < -0.4 is 5.73 Å². The van der Waals surface area contributed by atoms with Crippen LogP contribution in [0.15, 0.2) is 30.3 Å². The van der Waals surface area contributed by atoms with Gasteiger partial charge >= 0.3 is 0 Å². The molecule has 3 aliphatic rings. The number of primary amides is 1. The molecule has 9 nitrogen and oxygen atoms in total. The Bertz CT molecular complexity index is 1460. The number of hydrogen-bond donors (Lipinski definition) is 3. The normalized spacial score (nSPS) is 28.5. The number of carbonyl (C=O) groups excluding carboxylic acids is 6. The molecule has 9 heteroatoms. The van der Waals surface area contributed by atoms with Gasteiger partial charge in [0, 0.05) is 23.5 Å². The predicted octanol–water partition coefficient (Wildman–Crippen LogP) is 1.93. The van der Waals surface area contributed by atoms with Crippen LogP contribution in [0, 0.1) is 23.7 Å². The number of hydrogen-bond acceptors (Lipinski definition) is 8. The molecule has 2 aromatic carbocycles. The van der Waals surface area contributed by atoms with Crippen LogP contribution in [0.3, 0.4) is 0 Å². The maximum Gasteiger partial charge on any atom is 0.235 e. The van der Waals surface area contributed by atoms with Gasteiger partial charge in [0.1, 0.15) is 12.0 Å². The zero-order chi connectivity index (χ0) is 27.7. The molecule has 2 fully saturated rings. The van der Waals surface area contributed by atoms with Crippen LogP contribution in [-0.4, -0.2) is 51.1 Å². The van der Waals surface area contributed by atoms with E-state index in [0.29, 0.717) is 28.5 Å². The fourth-order valence-electron chi connectivity index (χ4n) is 6.58. The third kappa shape index (κ3) is 3.49. The first-order valence-electron chi connectivity index (χ1n) is 12.5. The Balaban J connectivity index is 1.66. The molecule has 2 unspecified atom stereocenters. The summed E-state index contributed by atoms with van der Waals surface area (Å²) >= 11 is 0. The second-order valence-electron chi connectivity index (χ2n) is 10.9. The number of aromatic hydroxyl groups is 1. The highest BCUT2D eigenvalue weighted by Gasteiger charge is 2.66. The molecule has 2 saturated carbocycles. The first-order valence-corrected chi connectivity index (χ1v) is 12.5. The quantitative estimate of drug-likeness (QED) is 0.408. The number of fused-ring (bicyclic) bond motifs is 3. The molecule has 5 rings (SSSR count). The van der Waals surface area contributed by atoms with Gasteiger partial charge in [-0.25, -0.2) is 0 Å². The second-order valence-corrected chi connectivity index (χ2v) is 10.9. The first kappa shape index (κ1) is 25.7. The van der Waals surface area contributed by atoms with Crippen molar-refractivity contribution in [1.82, 2.24) is 0 Å². The number of aldehydes is 1. The largest absolute Gasteiger partial charge is 0.507 e. The number of benzene rings is 2. The molecular weight excluding hydrogens is 490 g/mol. The lowest BCUT2D eigenvalue weighted by molar-refractivity contribution is -0.175. The molecule has 0 radical (unpaired) electrons. The van der Waals surface area contributed by atoms with Crippen molar-refractivity contribution in [1.29, 1.82) is 0 Å². The molecule has 5 atom stereocenters. The van der Waals surface area contributed by atoms with Crippen molar-refractivity contribution in [2.45, 2.75) is 44.6 Å². The summed E-state index contributed by atoms with van der Waals surface area (Å²) in [7, 11) is 0. The lowest BCUT2D eigenvalue weighted by atomic mass is 9.53. The van der Waals surface area contributed by atoms with E-state index in [1.807, 2.05) is 13.8 Å². The smallest absolute Gasteiger partial charge is 0.235 e. The highest BCUT2D eigenvalue weighted by molar-refractivity contribution is 6.31. The average molecular weight is 518 g/mol. The van der Waals surface area contributed by atoms with Crippen molar-refractivity contribution in [3.63, 3.8) is 0 Å². The lowest BCUT2D eigenvalue weighted by Crippen LogP contribution is -2.68. The third-order valence-corrected chi connectivity index (χ3v) is 8.39. The Kier molecular flexibility index (Phi) is 5.94. The van der Waals surface area contributed by atoms with Gasteiger partial charge in [0.2, 0.25) is 5.91 Å². The summed E-state index contributed by atoms with van der Waals surface area (Å²) in [5.41, 5.74) is 5.06. The van der Waals surface area contributed by atoms with Gasteiger partial charge in [-0.05, 0) is 53.5 Å². The zero-order valence-electron chi connectivity index (χ0n) is 20.9. The number of phenolic OH excluding ortho intramolecular Hbond substituents is 1. The van der Waals surface area contributed by atoms with Crippen molar-refractivity contribution in [3.05, 3.63) is 52.6 Å². The van der Waals surface area contributed by atoms with Crippen molar-refractivity contribution in [3.8, 4) is 16.9 Å². The topological polar surface area (TPSA) is 169 Å². The molecule has 2 aromatic rings. The molecule has 0 bridgehead atoms. The molecule has 38 heavy (non-hydrogen) atoms. The average Bonchev–Trinajstić information content (AvgIpc) is 2.86. The number of ketones is 4. The van der Waals surface area contributed by atoms with Crippen LogP contribution in [0.25, 0.3) is 11.1 Å². The van der Waals surface area contributed by atoms with Gasteiger partial charge in [-0.3, -0.25) is 28.8 Å². The van der Waals surface area contributed by atoms with E-state index < -0.39 is 58.3 Å². The Morgan fingerprint density at radius 3 is 2.45 bits per heavy atom. The van der Waals surface area contributed by atoms with E-state index in [9.17, 15) is 39.0 Å². The SMILES string of the molecule is CC(C)c1cc(-c2cccc(C=O)c2)c(O)c2c1C[C@H]1C[C@H]3CC(=O)C(C(N)=O)C(=O)[C@@]3(O)C(=O)C1C2=O. The molecule has 0 heterocycles. The van der Waals surface area contributed by atoms with Crippen molar-refractivity contribution in [2.75, 3.05) is 0 Å². The van der Waals surface area contributed by atoms with Crippen molar-refractivity contribution < 1.29 is 39.0 Å². The number of phenols is 1.